The fraction of sp³-hybridized carbons (Fsp3) is 0.480. The number of carbonyl (C=O) groups is 1. The Kier molecular flexibility index (Phi) is 7.12. The minimum absolute atomic E-state index is 0.00784. The van der Waals surface area contributed by atoms with E-state index in [0.717, 1.165) is 9.54 Å². The summed E-state index contributed by atoms with van der Waals surface area (Å²) in [5, 5.41) is 13.6. The number of aromatic nitrogens is 3. The number of piperidine rings is 1. The van der Waals surface area contributed by atoms with Gasteiger partial charge in [0, 0.05) is 25.3 Å². The largest absolute Gasteiger partial charge is 0.465 e. The standard InChI is InChI=1S/C25H35N5O5SSi/c1-17-7-9-20(10-8-17)36(33,34)30-12-11-21-22(26-16-27-23(21)30)28-18-13-19(15-29(14-18)24(31)32)35-37(5,6)25(2,3)4/h7-12,16,18-19H,13-15H2,1-6H3,(H,31,32)(H,26,27,28). The second-order valence-corrected chi connectivity index (χ2v) is 17.7. The van der Waals surface area contributed by atoms with Crippen LogP contribution in [0.2, 0.25) is 18.1 Å². The molecule has 10 nitrogen and oxygen atoms in total. The van der Waals surface area contributed by atoms with Crippen molar-refractivity contribution < 1.29 is 22.7 Å². The molecule has 3 heterocycles. The van der Waals surface area contributed by atoms with Crippen LogP contribution in [-0.4, -0.2) is 72.0 Å². The van der Waals surface area contributed by atoms with Gasteiger partial charge in [-0.2, -0.15) is 0 Å². The van der Waals surface area contributed by atoms with Gasteiger partial charge < -0.3 is 19.7 Å². The number of benzene rings is 1. The molecule has 12 heteroatoms. The van der Waals surface area contributed by atoms with Crippen molar-refractivity contribution in [2.24, 2.45) is 0 Å². The highest BCUT2D eigenvalue weighted by atomic mass is 32.2. The highest BCUT2D eigenvalue weighted by Crippen LogP contribution is 2.38. The van der Waals surface area contributed by atoms with Crippen LogP contribution < -0.4 is 5.32 Å². The molecule has 4 rings (SSSR count). The van der Waals surface area contributed by atoms with Crippen molar-refractivity contribution in [2.45, 2.75) is 69.3 Å². The molecular formula is C25H35N5O5SSi. The Balaban J connectivity index is 1.62. The van der Waals surface area contributed by atoms with Crippen molar-refractivity contribution in [3.05, 3.63) is 48.4 Å². The molecule has 2 aromatic heterocycles. The summed E-state index contributed by atoms with van der Waals surface area (Å²) in [6.07, 6.45) is 2.12. The highest BCUT2D eigenvalue weighted by Gasteiger charge is 2.41. The molecular weight excluding hydrogens is 510 g/mol. The van der Waals surface area contributed by atoms with Crippen LogP contribution in [-0.2, 0) is 14.4 Å². The molecule has 200 valence electrons. The number of likely N-dealkylation sites (tertiary alicyclic amines) is 1. The Morgan fingerprint density at radius 2 is 1.81 bits per heavy atom. The van der Waals surface area contributed by atoms with Gasteiger partial charge in [-0.1, -0.05) is 38.5 Å². The van der Waals surface area contributed by atoms with Gasteiger partial charge in [0.2, 0.25) is 0 Å². The first-order valence-corrected chi connectivity index (χ1v) is 16.6. The SMILES string of the molecule is Cc1ccc(S(=O)(=O)n2ccc3c(NC4CC(O[Si](C)(C)C(C)(C)C)CN(C(=O)O)C4)ncnc32)cc1. The number of hydrogen-bond acceptors (Lipinski definition) is 7. The molecule has 2 atom stereocenters. The van der Waals surface area contributed by atoms with Crippen LogP contribution in [0.1, 0.15) is 32.8 Å². The van der Waals surface area contributed by atoms with Gasteiger partial charge in [0.25, 0.3) is 10.0 Å². The average molecular weight is 546 g/mol. The Bertz CT molecular complexity index is 1400. The molecule has 2 N–H and O–H groups in total. The zero-order valence-electron chi connectivity index (χ0n) is 22.1. The number of nitrogens with zero attached hydrogens (tertiary/aromatic N) is 4. The quantitative estimate of drug-likeness (QED) is 0.433. The van der Waals surface area contributed by atoms with Gasteiger partial charge in [0.1, 0.15) is 12.1 Å². The van der Waals surface area contributed by atoms with Crippen LogP contribution in [0.15, 0.2) is 47.8 Å². The maximum atomic E-state index is 13.3. The van der Waals surface area contributed by atoms with Gasteiger partial charge in [-0.15, -0.1) is 0 Å². The maximum Gasteiger partial charge on any atom is 0.407 e. The van der Waals surface area contributed by atoms with Crippen LogP contribution in [0.5, 0.6) is 0 Å². The summed E-state index contributed by atoms with van der Waals surface area (Å²) in [5.41, 5.74) is 1.21. The van der Waals surface area contributed by atoms with Crippen molar-refractivity contribution in [2.75, 3.05) is 18.4 Å². The first kappa shape index (κ1) is 27.1. The molecule has 0 aliphatic carbocycles. The number of amides is 1. The molecule has 3 aromatic rings. The summed E-state index contributed by atoms with van der Waals surface area (Å²) in [7, 11) is -5.97. The first-order chi connectivity index (χ1) is 17.2. The monoisotopic (exact) mass is 545 g/mol. The second-order valence-electron chi connectivity index (χ2n) is 11.2. The van der Waals surface area contributed by atoms with Crippen molar-refractivity contribution >= 4 is 41.3 Å². The van der Waals surface area contributed by atoms with Gasteiger partial charge in [-0.25, -0.2) is 27.2 Å². The van der Waals surface area contributed by atoms with Gasteiger partial charge in [0.15, 0.2) is 14.0 Å². The zero-order chi connectivity index (χ0) is 27.2. The first-order valence-electron chi connectivity index (χ1n) is 12.3. The lowest BCUT2D eigenvalue weighted by Crippen LogP contribution is -2.55. The minimum Gasteiger partial charge on any atom is -0.465 e. The van der Waals surface area contributed by atoms with Crippen LogP contribution in [0.25, 0.3) is 11.0 Å². The summed E-state index contributed by atoms with van der Waals surface area (Å²) in [5.74, 6) is 0.450. The normalized spacial score (nSPS) is 19.2. The Morgan fingerprint density at radius 3 is 2.43 bits per heavy atom. The number of nitrogens with one attached hydrogen (secondary N) is 1. The van der Waals surface area contributed by atoms with E-state index in [4.69, 9.17) is 4.43 Å². The maximum absolute atomic E-state index is 13.3. The molecule has 1 amide bonds. The molecule has 0 saturated carbocycles. The molecule has 0 radical (unpaired) electrons. The van der Waals surface area contributed by atoms with Crippen molar-refractivity contribution in [1.82, 2.24) is 18.8 Å². The van der Waals surface area contributed by atoms with Gasteiger partial charge in [0.05, 0.1) is 16.4 Å². The van der Waals surface area contributed by atoms with Crippen LogP contribution in [0.3, 0.4) is 0 Å². The fourth-order valence-corrected chi connectivity index (χ4v) is 6.91. The number of fused-ring (bicyclic) bond motifs is 1. The predicted octanol–water partition coefficient (Wildman–Crippen LogP) is 4.53. The average Bonchev–Trinajstić information content (AvgIpc) is 3.24. The smallest absolute Gasteiger partial charge is 0.407 e. The van der Waals surface area contributed by atoms with E-state index in [2.05, 4.69) is 49.1 Å². The number of carboxylic acid groups (broad SMARTS) is 1. The van der Waals surface area contributed by atoms with E-state index in [1.807, 2.05) is 6.92 Å². The molecule has 0 spiro atoms. The van der Waals surface area contributed by atoms with Crippen LogP contribution in [0, 0.1) is 6.92 Å². The molecule has 1 aliphatic rings. The minimum atomic E-state index is -3.85. The lowest BCUT2D eigenvalue weighted by Gasteiger charge is -2.43. The fourth-order valence-electron chi connectivity index (χ4n) is 4.25. The summed E-state index contributed by atoms with van der Waals surface area (Å²) < 4.78 is 34.3. The lowest BCUT2D eigenvalue weighted by molar-refractivity contribution is 0.0665. The Morgan fingerprint density at radius 1 is 1.14 bits per heavy atom. The van der Waals surface area contributed by atoms with Crippen LogP contribution >= 0.6 is 0 Å². The van der Waals surface area contributed by atoms with Crippen LogP contribution in [0.4, 0.5) is 10.6 Å². The predicted molar refractivity (Wildman–Crippen MR) is 145 cm³/mol. The summed E-state index contributed by atoms with van der Waals surface area (Å²) in [6, 6.07) is 8.03. The van der Waals surface area contributed by atoms with Crippen molar-refractivity contribution in [3.8, 4) is 0 Å². The van der Waals surface area contributed by atoms with Gasteiger partial charge >= 0.3 is 6.09 Å². The van der Waals surface area contributed by atoms with E-state index in [0.29, 0.717) is 24.2 Å². The van der Waals surface area contributed by atoms with E-state index in [1.54, 1.807) is 30.3 Å². The molecule has 1 aliphatic heterocycles. The Labute approximate surface area is 218 Å². The second kappa shape index (κ2) is 9.73. The van der Waals surface area contributed by atoms with E-state index < -0.39 is 24.4 Å². The molecule has 0 bridgehead atoms. The highest BCUT2D eigenvalue weighted by molar-refractivity contribution is 7.90. The van der Waals surface area contributed by atoms with E-state index in [9.17, 15) is 18.3 Å². The van der Waals surface area contributed by atoms with Crippen molar-refractivity contribution in [1.29, 1.82) is 0 Å². The summed E-state index contributed by atoms with van der Waals surface area (Å²) >= 11 is 0. The van der Waals surface area contributed by atoms with Gasteiger partial charge in [-0.3, -0.25) is 0 Å². The van der Waals surface area contributed by atoms with E-state index in [1.165, 1.54) is 17.4 Å². The summed E-state index contributed by atoms with van der Waals surface area (Å²) in [4.78, 5) is 22.0. The summed E-state index contributed by atoms with van der Waals surface area (Å²) in [6.45, 7) is 13.2. The molecule has 1 aromatic carbocycles. The number of hydrogen-bond donors (Lipinski definition) is 2. The molecule has 37 heavy (non-hydrogen) atoms. The molecule has 1 saturated heterocycles. The zero-order valence-corrected chi connectivity index (χ0v) is 23.9. The third kappa shape index (κ3) is 5.50. The molecule has 1 fully saturated rings. The number of rotatable bonds is 6. The third-order valence-corrected chi connectivity index (χ3v) is 13.5. The topological polar surface area (TPSA) is 127 Å². The molecule has 2 unspecified atom stereocenters. The third-order valence-electron chi connectivity index (χ3n) is 7.32. The van der Waals surface area contributed by atoms with E-state index in [-0.39, 0.29) is 34.3 Å². The van der Waals surface area contributed by atoms with Crippen molar-refractivity contribution in [3.63, 3.8) is 0 Å². The lowest BCUT2D eigenvalue weighted by atomic mass is 10.0. The number of aryl methyl sites for hydroxylation is 1. The van der Waals surface area contributed by atoms with E-state index >= 15 is 0 Å². The Hall–Kier alpha value is -2.96. The number of anilines is 1. The van der Waals surface area contributed by atoms with Gasteiger partial charge in [-0.05, 0) is 49.7 Å².